The van der Waals surface area contributed by atoms with Crippen molar-refractivity contribution in [1.82, 2.24) is 24.3 Å². The summed E-state index contributed by atoms with van der Waals surface area (Å²) in [5, 5.41) is 29.0. The summed E-state index contributed by atoms with van der Waals surface area (Å²) in [4.78, 5) is 9.18. The summed E-state index contributed by atoms with van der Waals surface area (Å²) in [7, 11) is 5.14. The number of ether oxygens (including phenoxy) is 2. The molecule has 0 aliphatic heterocycles. The van der Waals surface area contributed by atoms with Gasteiger partial charge in [-0.25, -0.2) is 9.97 Å². The Kier molecular flexibility index (Phi) is 6.31. The second-order valence-corrected chi connectivity index (χ2v) is 8.91. The SMILES string of the molecule is COc1ccc(CNc2ncnc3c2c(-c2ccn(C)n2)cn3[C@@H]2C[C@H](CO)[C@@H](O)C2)c(OC)c1. The molecule has 3 N–H and O–H groups in total. The van der Waals surface area contributed by atoms with Gasteiger partial charge in [0.25, 0.3) is 0 Å². The normalized spacial score (nSPS) is 19.9. The number of hydrogen-bond donors (Lipinski definition) is 3. The van der Waals surface area contributed by atoms with Gasteiger partial charge in [0.2, 0.25) is 0 Å². The first kappa shape index (κ1) is 23.1. The van der Waals surface area contributed by atoms with Crippen LogP contribution in [0.3, 0.4) is 0 Å². The fourth-order valence-corrected chi connectivity index (χ4v) is 4.92. The van der Waals surface area contributed by atoms with Crippen LogP contribution < -0.4 is 14.8 Å². The third-order valence-corrected chi connectivity index (χ3v) is 6.80. The number of methoxy groups -OCH3 is 2. The molecule has 3 aromatic heterocycles. The lowest BCUT2D eigenvalue weighted by Gasteiger charge is -2.14. The van der Waals surface area contributed by atoms with E-state index in [0.717, 1.165) is 39.4 Å². The standard InChI is InChI=1S/C25H30N6O4/c1-30-7-6-20(29-30)19-12-31(17-8-16(13-32)21(33)9-17)25-23(19)24(27-14-28-25)26-11-15-4-5-18(34-2)10-22(15)35-3/h4-7,10,12,14,16-17,21,32-33H,8-9,11,13H2,1-3H3,(H,26,27,28)/t16-,17-,21+/m1/s1. The molecule has 0 amide bonds. The smallest absolute Gasteiger partial charge is 0.146 e. The van der Waals surface area contributed by atoms with E-state index >= 15 is 0 Å². The zero-order valence-corrected chi connectivity index (χ0v) is 20.0. The largest absolute Gasteiger partial charge is 0.497 e. The first-order chi connectivity index (χ1) is 17.0. The molecule has 1 aliphatic carbocycles. The van der Waals surface area contributed by atoms with Gasteiger partial charge >= 0.3 is 0 Å². The van der Waals surface area contributed by atoms with Gasteiger partial charge in [-0.15, -0.1) is 0 Å². The molecule has 1 aliphatic rings. The number of benzene rings is 1. The number of aromatic nitrogens is 5. The molecule has 0 bridgehead atoms. The molecule has 35 heavy (non-hydrogen) atoms. The van der Waals surface area contributed by atoms with Crippen LogP contribution in [0.2, 0.25) is 0 Å². The average Bonchev–Trinajstić information content (AvgIpc) is 3.58. The van der Waals surface area contributed by atoms with Gasteiger partial charge in [-0.2, -0.15) is 5.10 Å². The summed E-state index contributed by atoms with van der Waals surface area (Å²) >= 11 is 0. The number of nitrogens with zero attached hydrogens (tertiary/aromatic N) is 5. The second-order valence-electron chi connectivity index (χ2n) is 8.91. The summed E-state index contributed by atoms with van der Waals surface area (Å²) in [6.07, 6.45) is 6.19. The lowest BCUT2D eigenvalue weighted by atomic mass is 10.1. The van der Waals surface area contributed by atoms with Gasteiger partial charge in [-0.05, 0) is 31.0 Å². The van der Waals surface area contributed by atoms with Crippen LogP contribution in [0.4, 0.5) is 5.82 Å². The van der Waals surface area contributed by atoms with Gasteiger partial charge in [0.1, 0.15) is 29.3 Å². The minimum atomic E-state index is -0.539. The summed E-state index contributed by atoms with van der Waals surface area (Å²) in [5.41, 5.74) is 3.45. The number of aryl methyl sites for hydroxylation is 1. The predicted molar refractivity (Wildman–Crippen MR) is 131 cm³/mol. The highest BCUT2D eigenvalue weighted by Crippen LogP contribution is 2.41. The van der Waals surface area contributed by atoms with Crippen LogP contribution in [0.5, 0.6) is 11.5 Å². The maximum Gasteiger partial charge on any atom is 0.146 e. The molecule has 1 fully saturated rings. The summed E-state index contributed by atoms with van der Waals surface area (Å²) in [6, 6.07) is 7.69. The highest BCUT2D eigenvalue weighted by atomic mass is 16.5. The number of aliphatic hydroxyl groups excluding tert-OH is 2. The molecular formula is C25H30N6O4. The highest BCUT2D eigenvalue weighted by Gasteiger charge is 2.35. The Morgan fingerprint density at radius 1 is 1.14 bits per heavy atom. The van der Waals surface area contributed by atoms with Crippen molar-refractivity contribution in [3.8, 4) is 22.8 Å². The van der Waals surface area contributed by atoms with Crippen molar-refractivity contribution < 1.29 is 19.7 Å². The minimum Gasteiger partial charge on any atom is -0.497 e. The molecule has 1 aromatic carbocycles. The van der Waals surface area contributed by atoms with Crippen LogP contribution in [0.1, 0.15) is 24.4 Å². The van der Waals surface area contributed by atoms with E-state index < -0.39 is 6.10 Å². The van der Waals surface area contributed by atoms with Crippen molar-refractivity contribution >= 4 is 16.9 Å². The fourth-order valence-electron chi connectivity index (χ4n) is 4.92. The Morgan fingerprint density at radius 3 is 2.69 bits per heavy atom. The molecule has 10 heteroatoms. The van der Waals surface area contributed by atoms with Gasteiger partial charge in [-0.3, -0.25) is 4.68 Å². The minimum absolute atomic E-state index is 0.0199. The Morgan fingerprint density at radius 2 is 2.00 bits per heavy atom. The van der Waals surface area contributed by atoms with Gasteiger partial charge in [0.05, 0.1) is 31.4 Å². The van der Waals surface area contributed by atoms with E-state index in [1.807, 2.05) is 43.7 Å². The molecule has 0 unspecified atom stereocenters. The van der Waals surface area contributed by atoms with E-state index in [9.17, 15) is 10.2 Å². The van der Waals surface area contributed by atoms with Crippen molar-refractivity contribution in [1.29, 1.82) is 0 Å². The van der Waals surface area contributed by atoms with E-state index in [0.29, 0.717) is 25.2 Å². The van der Waals surface area contributed by atoms with Gasteiger partial charge in [0.15, 0.2) is 0 Å². The molecule has 4 aromatic rings. The lowest BCUT2D eigenvalue weighted by Crippen LogP contribution is -2.16. The van der Waals surface area contributed by atoms with Crippen molar-refractivity contribution in [3.05, 3.63) is 48.5 Å². The molecular weight excluding hydrogens is 448 g/mol. The Balaban J connectivity index is 1.56. The van der Waals surface area contributed by atoms with Crippen molar-refractivity contribution in [2.45, 2.75) is 31.5 Å². The number of nitrogens with one attached hydrogen (secondary N) is 1. The fraction of sp³-hybridized carbons (Fsp3) is 0.400. The first-order valence-electron chi connectivity index (χ1n) is 11.6. The first-order valence-corrected chi connectivity index (χ1v) is 11.6. The molecule has 1 saturated carbocycles. The number of hydrogen-bond acceptors (Lipinski definition) is 8. The zero-order chi connectivity index (χ0) is 24.5. The zero-order valence-electron chi connectivity index (χ0n) is 20.0. The summed E-state index contributed by atoms with van der Waals surface area (Å²) < 4.78 is 14.7. The molecule has 0 radical (unpaired) electrons. The van der Waals surface area contributed by atoms with Crippen LogP contribution in [0, 0.1) is 5.92 Å². The molecule has 10 nitrogen and oxygen atoms in total. The van der Waals surface area contributed by atoms with Crippen LogP contribution in [-0.2, 0) is 13.6 Å². The number of rotatable bonds is 8. The van der Waals surface area contributed by atoms with Crippen LogP contribution in [-0.4, -0.2) is 61.5 Å². The van der Waals surface area contributed by atoms with Crippen LogP contribution in [0.15, 0.2) is 43.0 Å². The molecule has 3 heterocycles. The Labute approximate surface area is 203 Å². The van der Waals surface area contributed by atoms with Crippen LogP contribution >= 0.6 is 0 Å². The van der Waals surface area contributed by atoms with Gasteiger partial charge in [-0.1, -0.05) is 0 Å². The van der Waals surface area contributed by atoms with E-state index in [-0.39, 0.29) is 18.6 Å². The third kappa shape index (κ3) is 4.30. The van der Waals surface area contributed by atoms with E-state index in [1.165, 1.54) is 0 Å². The molecule has 0 saturated heterocycles. The maximum atomic E-state index is 10.4. The molecule has 5 rings (SSSR count). The Bertz CT molecular complexity index is 1330. The van der Waals surface area contributed by atoms with E-state index in [1.54, 1.807) is 25.2 Å². The van der Waals surface area contributed by atoms with Crippen molar-refractivity contribution in [2.24, 2.45) is 13.0 Å². The van der Waals surface area contributed by atoms with Gasteiger partial charge in [0, 0.05) is 61.7 Å². The molecule has 0 spiro atoms. The third-order valence-electron chi connectivity index (χ3n) is 6.80. The van der Waals surface area contributed by atoms with Crippen LogP contribution in [0.25, 0.3) is 22.3 Å². The van der Waals surface area contributed by atoms with E-state index in [4.69, 9.17) is 9.47 Å². The van der Waals surface area contributed by atoms with Gasteiger partial charge < -0.3 is 29.6 Å². The summed E-state index contributed by atoms with van der Waals surface area (Å²) in [6.45, 7) is 0.455. The van der Waals surface area contributed by atoms with Crippen molar-refractivity contribution in [3.63, 3.8) is 0 Å². The average molecular weight is 479 g/mol. The lowest BCUT2D eigenvalue weighted by molar-refractivity contribution is 0.0906. The number of aliphatic hydroxyl groups is 2. The molecule has 3 atom stereocenters. The number of fused-ring (bicyclic) bond motifs is 1. The van der Waals surface area contributed by atoms with E-state index in [2.05, 4.69) is 25.0 Å². The quantitative estimate of drug-likeness (QED) is 0.354. The van der Waals surface area contributed by atoms with Crippen molar-refractivity contribution in [2.75, 3.05) is 26.1 Å². The Hall–Kier alpha value is -3.63. The summed E-state index contributed by atoms with van der Waals surface area (Å²) in [5.74, 6) is 1.99. The monoisotopic (exact) mass is 478 g/mol. The number of anilines is 1. The maximum absolute atomic E-state index is 10.4. The second kappa shape index (κ2) is 9.55. The molecule has 184 valence electrons. The topological polar surface area (TPSA) is 119 Å². The predicted octanol–water partition coefficient (Wildman–Crippen LogP) is 2.77. The highest BCUT2D eigenvalue weighted by molar-refractivity contribution is 6.00.